The molecular weight excluding hydrogens is 220 g/mol. The minimum Gasteiger partial charge on any atom is -0.493 e. The molecule has 0 heterocycles. The Labute approximate surface area is 103 Å². The molecule has 0 bridgehead atoms. The predicted molar refractivity (Wildman–Crippen MR) is 68.1 cm³/mol. The maximum atomic E-state index is 5.88. The van der Waals surface area contributed by atoms with E-state index in [0.29, 0.717) is 5.88 Å². The van der Waals surface area contributed by atoms with E-state index in [0.717, 1.165) is 23.8 Å². The Morgan fingerprint density at radius 2 is 1.88 bits per heavy atom. The standard InChI is InChI=1S/C14H19ClO/c15-10-13-8-4-5-9-14(13)16-11-12-6-2-1-3-7-12/h4-5,8-9,12H,1-3,6-7,10-11H2. The summed E-state index contributed by atoms with van der Waals surface area (Å²) in [5.74, 6) is 2.24. The Balaban J connectivity index is 1.88. The minimum absolute atomic E-state index is 0.529. The molecule has 0 atom stereocenters. The summed E-state index contributed by atoms with van der Waals surface area (Å²) in [5, 5.41) is 0. The van der Waals surface area contributed by atoms with Crippen LogP contribution in [0.15, 0.2) is 24.3 Å². The number of benzene rings is 1. The first-order chi connectivity index (χ1) is 7.90. The lowest BCUT2D eigenvalue weighted by Crippen LogP contribution is -2.15. The number of hydrogen-bond acceptors (Lipinski definition) is 1. The molecule has 0 aliphatic heterocycles. The average molecular weight is 239 g/mol. The molecule has 1 aliphatic carbocycles. The third-order valence-electron chi connectivity index (χ3n) is 3.32. The Morgan fingerprint density at radius 3 is 2.62 bits per heavy atom. The fourth-order valence-electron chi connectivity index (χ4n) is 2.32. The zero-order chi connectivity index (χ0) is 11.2. The van der Waals surface area contributed by atoms with Gasteiger partial charge >= 0.3 is 0 Å². The lowest BCUT2D eigenvalue weighted by atomic mass is 9.90. The second-order valence-electron chi connectivity index (χ2n) is 4.56. The van der Waals surface area contributed by atoms with Crippen LogP contribution < -0.4 is 4.74 Å². The van der Waals surface area contributed by atoms with Crippen LogP contribution in [0.2, 0.25) is 0 Å². The SMILES string of the molecule is ClCc1ccccc1OCC1CCCCC1. The molecule has 88 valence electrons. The summed E-state index contributed by atoms with van der Waals surface area (Å²) in [6.45, 7) is 0.855. The molecule has 1 aromatic carbocycles. The van der Waals surface area contributed by atoms with Crippen molar-refractivity contribution < 1.29 is 4.74 Å². The summed E-state index contributed by atoms with van der Waals surface area (Å²) in [7, 11) is 0. The summed E-state index contributed by atoms with van der Waals surface area (Å²) in [6.07, 6.45) is 6.78. The van der Waals surface area contributed by atoms with Crippen molar-refractivity contribution in [3.63, 3.8) is 0 Å². The van der Waals surface area contributed by atoms with Crippen LogP contribution in [0, 0.1) is 5.92 Å². The van der Waals surface area contributed by atoms with Crippen molar-refractivity contribution >= 4 is 11.6 Å². The Kier molecular flexibility index (Phi) is 4.53. The normalized spacial score (nSPS) is 17.3. The van der Waals surface area contributed by atoms with E-state index in [4.69, 9.17) is 16.3 Å². The van der Waals surface area contributed by atoms with Gasteiger partial charge in [-0.25, -0.2) is 0 Å². The summed E-state index contributed by atoms with van der Waals surface area (Å²) in [5.41, 5.74) is 1.10. The number of alkyl halides is 1. The van der Waals surface area contributed by atoms with Gasteiger partial charge in [-0.15, -0.1) is 11.6 Å². The zero-order valence-corrected chi connectivity index (χ0v) is 10.4. The van der Waals surface area contributed by atoms with Crippen molar-refractivity contribution in [1.29, 1.82) is 0 Å². The first-order valence-electron chi connectivity index (χ1n) is 6.17. The van der Waals surface area contributed by atoms with Gasteiger partial charge < -0.3 is 4.74 Å². The third-order valence-corrected chi connectivity index (χ3v) is 3.60. The highest BCUT2D eigenvalue weighted by Crippen LogP contribution is 2.26. The van der Waals surface area contributed by atoms with Crippen molar-refractivity contribution in [2.45, 2.75) is 38.0 Å². The summed E-state index contributed by atoms with van der Waals surface area (Å²) in [4.78, 5) is 0. The number of para-hydroxylation sites is 1. The molecule has 1 aromatic rings. The number of halogens is 1. The minimum atomic E-state index is 0.529. The van der Waals surface area contributed by atoms with Crippen LogP contribution >= 0.6 is 11.6 Å². The molecule has 0 aromatic heterocycles. The summed E-state index contributed by atoms with van der Waals surface area (Å²) >= 11 is 5.87. The van der Waals surface area contributed by atoms with Gasteiger partial charge in [0.25, 0.3) is 0 Å². The second-order valence-corrected chi connectivity index (χ2v) is 4.82. The molecule has 1 nitrogen and oxygen atoms in total. The molecule has 0 amide bonds. The fraction of sp³-hybridized carbons (Fsp3) is 0.571. The molecule has 2 heteroatoms. The number of rotatable bonds is 4. The van der Waals surface area contributed by atoms with Crippen molar-refractivity contribution in [3.05, 3.63) is 29.8 Å². The molecule has 1 saturated carbocycles. The van der Waals surface area contributed by atoms with E-state index in [2.05, 4.69) is 0 Å². The lowest BCUT2D eigenvalue weighted by molar-refractivity contribution is 0.208. The van der Waals surface area contributed by atoms with Gasteiger partial charge in [-0.05, 0) is 24.8 Å². The van der Waals surface area contributed by atoms with E-state index in [1.165, 1.54) is 32.1 Å². The van der Waals surface area contributed by atoms with E-state index in [9.17, 15) is 0 Å². The van der Waals surface area contributed by atoms with Gasteiger partial charge in [0.2, 0.25) is 0 Å². The van der Waals surface area contributed by atoms with Gasteiger partial charge in [0.1, 0.15) is 5.75 Å². The predicted octanol–water partition coefficient (Wildman–Crippen LogP) is 4.38. The van der Waals surface area contributed by atoms with Crippen LogP contribution in [0.1, 0.15) is 37.7 Å². The quantitative estimate of drug-likeness (QED) is 0.708. The average Bonchev–Trinajstić information content (AvgIpc) is 2.38. The molecule has 0 N–H and O–H groups in total. The number of ether oxygens (including phenoxy) is 1. The fourth-order valence-corrected chi connectivity index (χ4v) is 2.54. The smallest absolute Gasteiger partial charge is 0.123 e. The lowest BCUT2D eigenvalue weighted by Gasteiger charge is -2.22. The Morgan fingerprint density at radius 1 is 1.12 bits per heavy atom. The van der Waals surface area contributed by atoms with Crippen LogP contribution in [0.5, 0.6) is 5.75 Å². The van der Waals surface area contributed by atoms with Gasteiger partial charge in [-0.3, -0.25) is 0 Å². The van der Waals surface area contributed by atoms with Gasteiger partial charge in [-0.2, -0.15) is 0 Å². The van der Waals surface area contributed by atoms with E-state index in [1.54, 1.807) is 0 Å². The van der Waals surface area contributed by atoms with Crippen LogP contribution in [0.25, 0.3) is 0 Å². The summed E-state index contributed by atoms with van der Waals surface area (Å²) in [6, 6.07) is 8.06. The molecule has 16 heavy (non-hydrogen) atoms. The molecule has 2 rings (SSSR count). The first-order valence-corrected chi connectivity index (χ1v) is 6.70. The van der Waals surface area contributed by atoms with E-state index < -0.39 is 0 Å². The van der Waals surface area contributed by atoms with Crippen molar-refractivity contribution in [2.24, 2.45) is 5.92 Å². The van der Waals surface area contributed by atoms with Crippen molar-refractivity contribution in [2.75, 3.05) is 6.61 Å². The van der Waals surface area contributed by atoms with Gasteiger partial charge in [-0.1, -0.05) is 37.5 Å². The maximum absolute atomic E-state index is 5.88. The van der Waals surface area contributed by atoms with Crippen molar-refractivity contribution in [1.82, 2.24) is 0 Å². The van der Waals surface area contributed by atoms with Crippen molar-refractivity contribution in [3.8, 4) is 5.75 Å². The third kappa shape index (κ3) is 3.15. The largest absolute Gasteiger partial charge is 0.493 e. The Hall–Kier alpha value is -0.690. The molecular formula is C14H19ClO. The van der Waals surface area contributed by atoms with Gasteiger partial charge in [0.15, 0.2) is 0 Å². The molecule has 0 spiro atoms. The molecule has 1 fully saturated rings. The first kappa shape index (κ1) is 11.8. The van der Waals surface area contributed by atoms with Crippen LogP contribution in [0.4, 0.5) is 0 Å². The van der Waals surface area contributed by atoms with E-state index >= 15 is 0 Å². The second kappa shape index (κ2) is 6.15. The van der Waals surface area contributed by atoms with Crippen LogP contribution in [0.3, 0.4) is 0 Å². The monoisotopic (exact) mass is 238 g/mol. The van der Waals surface area contributed by atoms with Crippen LogP contribution in [-0.2, 0) is 5.88 Å². The van der Waals surface area contributed by atoms with E-state index in [-0.39, 0.29) is 0 Å². The van der Waals surface area contributed by atoms with Gasteiger partial charge in [0.05, 0.1) is 12.5 Å². The highest BCUT2D eigenvalue weighted by molar-refractivity contribution is 6.17. The molecule has 0 saturated heterocycles. The zero-order valence-electron chi connectivity index (χ0n) is 9.62. The van der Waals surface area contributed by atoms with Crippen LogP contribution in [-0.4, -0.2) is 6.61 Å². The highest BCUT2D eigenvalue weighted by atomic mass is 35.5. The summed E-state index contributed by atoms with van der Waals surface area (Å²) < 4.78 is 5.88. The van der Waals surface area contributed by atoms with Gasteiger partial charge in [0, 0.05) is 5.56 Å². The molecule has 0 radical (unpaired) electrons. The number of hydrogen-bond donors (Lipinski definition) is 0. The highest BCUT2D eigenvalue weighted by Gasteiger charge is 2.14. The van der Waals surface area contributed by atoms with E-state index in [1.807, 2.05) is 24.3 Å². The molecule has 1 aliphatic rings. The topological polar surface area (TPSA) is 9.23 Å². The maximum Gasteiger partial charge on any atom is 0.123 e. The molecule has 0 unspecified atom stereocenters. The Bertz CT molecular complexity index is 318.